The number of aryl methyl sites for hydroxylation is 1. The molecule has 2 aromatic carbocycles. The first kappa shape index (κ1) is 20.9. The maximum absolute atomic E-state index is 13.2. The fourth-order valence-corrected chi connectivity index (χ4v) is 3.86. The van der Waals surface area contributed by atoms with Crippen LogP contribution in [0.2, 0.25) is 5.02 Å². The molecule has 1 heterocycles. The second-order valence-corrected chi connectivity index (χ2v) is 7.92. The van der Waals surface area contributed by atoms with E-state index in [9.17, 15) is 9.59 Å². The molecule has 1 aromatic heterocycles. The second kappa shape index (κ2) is 9.12. The fraction of sp³-hybridized carbons (Fsp3) is 0.238. The molecule has 0 aliphatic rings. The molecule has 6 nitrogen and oxygen atoms in total. The maximum atomic E-state index is 13.2. The van der Waals surface area contributed by atoms with Crippen LogP contribution in [0.3, 0.4) is 0 Å². The Hall–Kier alpha value is -2.82. The standard InChI is InChI=1S/C21H19ClN4O2S/c1-14-4-7-16(8-5-14)26-20(28)17-9-6-15(22)12-18(17)24-21(26)29-13-19(27)25(2)11-3-10-23/h4-9,12H,3,11,13H2,1-2H3. The van der Waals surface area contributed by atoms with Crippen molar-refractivity contribution in [3.63, 3.8) is 0 Å². The molecule has 29 heavy (non-hydrogen) atoms. The van der Waals surface area contributed by atoms with Gasteiger partial charge in [-0.1, -0.05) is 41.1 Å². The molecule has 0 bridgehead atoms. The van der Waals surface area contributed by atoms with Gasteiger partial charge in [-0.05, 0) is 37.3 Å². The zero-order valence-electron chi connectivity index (χ0n) is 16.1. The summed E-state index contributed by atoms with van der Waals surface area (Å²) in [6.45, 7) is 2.33. The zero-order chi connectivity index (χ0) is 21.0. The quantitative estimate of drug-likeness (QED) is 0.442. The summed E-state index contributed by atoms with van der Waals surface area (Å²) in [5.41, 5.74) is 2.02. The molecule has 0 spiro atoms. The normalized spacial score (nSPS) is 10.7. The molecule has 8 heteroatoms. The molecule has 0 aliphatic heterocycles. The van der Waals surface area contributed by atoms with Crippen LogP contribution in [0.4, 0.5) is 0 Å². The Morgan fingerprint density at radius 1 is 1.28 bits per heavy atom. The van der Waals surface area contributed by atoms with Gasteiger partial charge < -0.3 is 4.90 Å². The predicted octanol–water partition coefficient (Wildman–Crippen LogP) is 3.81. The number of hydrogen-bond donors (Lipinski definition) is 0. The largest absolute Gasteiger partial charge is 0.344 e. The summed E-state index contributed by atoms with van der Waals surface area (Å²) in [6.07, 6.45) is 0.272. The molecule has 0 saturated carbocycles. The monoisotopic (exact) mass is 426 g/mol. The number of benzene rings is 2. The Morgan fingerprint density at radius 3 is 2.69 bits per heavy atom. The van der Waals surface area contributed by atoms with Gasteiger partial charge in [-0.25, -0.2) is 4.98 Å². The number of nitriles is 1. The molecule has 0 radical (unpaired) electrons. The summed E-state index contributed by atoms with van der Waals surface area (Å²) in [5, 5.41) is 10.0. The summed E-state index contributed by atoms with van der Waals surface area (Å²) >= 11 is 7.26. The fourth-order valence-electron chi connectivity index (χ4n) is 2.74. The van der Waals surface area contributed by atoms with E-state index in [4.69, 9.17) is 16.9 Å². The third kappa shape index (κ3) is 4.78. The van der Waals surface area contributed by atoms with Gasteiger partial charge in [0.2, 0.25) is 5.91 Å². The van der Waals surface area contributed by atoms with Gasteiger partial charge in [-0.2, -0.15) is 5.26 Å². The lowest BCUT2D eigenvalue weighted by Gasteiger charge is -2.17. The Labute approximate surface area is 177 Å². The van der Waals surface area contributed by atoms with Crippen LogP contribution in [0.5, 0.6) is 0 Å². The summed E-state index contributed by atoms with van der Waals surface area (Å²) in [6, 6.07) is 14.5. The predicted molar refractivity (Wildman–Crippen MR) is 116 cm³/mol. The third-order valence-electron chi connectivity index (χ3n) is 4.40. The third-order valence-corrected chi connectivity index (χ3v) is 5.56. The van der Waals surface area contributed by atoms with Crippen LogP contribution < -0.4 is 5.56 Å². The van der Waals surface area contributed by atoms with E-state index in [1.165, 1.54) is 21.2 Å². The Kier molecular flexibility index (Phi) is 6.57. The van der Waals surface area contributed by atoms with Gasteiger partial charge in [0.1, 0.15) is 0 Å². The van der Waals surface area contributed by atoms with Gasteiger partial charge in [0.25, 0.3) is 5.56 Å². The van der Waals surface area contributed by atoms with Gasteiger partial charge in [0.15, 0.2) is 5.16 Å². The molecular formula is C21H19ClN4O2S. The highest BCUT2D eigenvalue weighted by Gasteiger charge is 2.16. The minimum atomic E-state index is -0.219. The van der Waals surface area contributed by atoms with Crippen molar-refractivity contribution in [2.45, 2.75) is 18.5 Å². The van der Waals surface area contributed by atoms with Gasteiger partial charge in [0.05, 0.1) is 34.8 Å². The minimum Gasteiger partial charge on any atom is -0.344 e. The highest BCUT2D eigenvalue weighted by molar-refractivity contribution is 7.99. The Bertz CT molecular complexity index is 1150. The first-order valence-electron chi connectivity index (χ1n) is 8.94. The lowest BCUT2D eigenvalue weighted by molar-refractivity contribution is -0.127. The van der Waals surface area contributed by atoms with Crippen molar-refractivity contribution in [2.75, 3.05) is 19.3 Å². The van der Waals surface area contributed by atoms with E-state index in [1.807, 2.05) is 37.3 Å². The molecule has 148 valence electrons. The van der Waals surface area contributed by atoms with E-state index in [1.54, 1.807) is 25.2 Å². The van der Waals surface area contributed by atoms with E-state index in [0.717, 1.165) is 5.56 Å². The number of thioether (sulfide) groups is 1. The van der Waals surface area contributed by atoms with E-state index in [-0.39, 0.29) is 23.6 Å². The number of halogens is 1. The van der Waals surface area contributed by atoms with Crippen LogP contribution in [-0.2, 0) is 4.79 Å². The van der Waals surface area contributed by atoms with Crippen LogP contribution in [0, 0.1) is 18.3 Å². The molecule has 0 saturated heterocycles. The van der Waals surface area contributed by atoms with Crippen LogP contribution in [-0.4, -0.2) is 39.7 Å². The zero-order valence-corrected chi connectivity index (χ0v) is 17.6. The van der Waals surface area contributed by atoms with Crippen LogP contribution in [0.25, 0.3) is 16.6 Å². The van der Waals surface area contributed by atoms with Gasteiger partial charge in [0, 0.05) is 18.6 Å². The van der Waals surface area contributed by atoms with Crippen molar-refractivity contribution < 1.29 is 4.79 Å². The van der Waals surface area contributed by atoms with E-state index < -0.39 is 0 Å². The molecule has 3 rings (SSSR count). The highest BCUT2D eigenvalue weighted by Crippen LogP contribution is 2.23. The molecule has 0 N–H and O–H groups in total. The molecule has 0 fully saturated rings. The van der Waals surface area contributed by atoms with Crippen molar-refractivity contribution in [2.24, 2.45) is 0 Å². The summed E-state index contributed by atoms with van der Waals surface area (Å²) in [4.78, 5) is 31.7. The van der Waals surface area contributed by atoms with E-state index in [0.29, 0.717) is 33.3 Å². The van der Waals surface area contributed by atoms with Gasteiger partial charge >= 0.3 is 0 Å². The SMILES string of the molecule is Cc1ccc(-n2c(SCC(=O)N(C)CCC#N)nc3cc(Cl)ccc3c2=O)cc1. The van der Waals surface area contributed by atoms with Crippen molar-refractivity contribution in [3.8, 4) is 11.8 Å². The topological polar surface area (TPSA) is 79.0 Å². The summed E-state index contributed by atoms with van der Waals surface area (Å²) < 4.78 is 1.52. The number of carbonyl (C=O) groups is 1. The lowest BCUT2D eigenvalue weighted by Crippen LogP contribution is -2.29. The Morgan fingerprint density at radius 2 is 2.00 bits per heavy atom. The maximum Gasteiger partial charge on any atom is 0.266 e. The Balaban J connectivity index is 2.03. The number of hydrogen-bond acceptors (Lipinski definition) is 5. The number of carbonyl (C=O) groups excluding carboxylic acids is 1. The molecular weight excluding hydrogens is 408 g/mol. The van der Waals surface area contributed by atoms with E-state index >= 15 is 0 Å². The highest BCUT2D eigenvalue weighted by atomic mass is 35.5. The molecule has 0 aliphatic carbocycles. The average molecular weight is 427 g/mol. The summed E-state index contributed by atoms with van der Waals surface area (Å²) in [5.74, 6) is -0.0344. The lowest BCUT2D eigenvalue weighted by atomic mass is 10.2. The average Bonchev–Trinajstić information content (AvgIpc) is 2.71. The number of rotatable bonds is 6. The van der Waals surface area contributed by atoms with Crippen molar-refractivity contribution in [1.82, 2.24) is 14.5 Å². The molecule has 1 amide bonds. The molecule has 3 aromatic rings. The van der Waals surface area contributed by atoms with Crippen molar-refractivity contribution in [1.29, 1.82) is 5.26 Å². The number of aromatic nitrogens is 2. The van der Waals surface area contributed by atoms with Crippen molar-refractivity contribution >= 4 is 40.2 Å². The van der Waals surface area contributed by atoms with Gasteiger partial charge in [-0.15, -0.1) is 0 Å². The smallest absolute Gasteiger partial charge is 0.266 e. The van der Waals surface area contributed by atoms with Gasteiger partial charge in [-0.3, -0.25) is 14.2 Å². The van der Waals surface area contributed by atoms with E-state index in [2.05, 4.69) is 4.98 Å². The number of nitrogens with zero attached hydrogens (tertiary/aromatic N) is 4. The minimum absolute atomic E-state index is 0.103. The van der Waals surface area contributed by atoms with Crippen LogP contribution >= 0.6 is 23.4 Å². The van der Waals surface area contributed by atoms with Crippen LogP contribution in [0.1, 0.15) is 12.0 Å². The second-order valence-electron chi connectivity index (χ2n) is 6.54. The van der Waals surface area contributed by atoms with Crippen molar-refractivity contribution in [3.05, 3.63) is 63.4 Å². The molecule has 0 atom stereocenters. The number of amides is 1. The summed E-state index contributed by atoms with van der Waals surface area (Å²) in [7, 11) is 1.65. The first-order chi connectivity index (χ1) is 13.9. The van der Waals surface area contributed by atoms with Crippen LogP contribution in [0.15, 0.2) is 52.4 Å². The first-order valence-corrected chi connectivity index (χ1v) is 10.3. The molecule has 0 unspecified atom stereocenters. The number of fused-ring (bicyclic) bond motifs is 1.